The number of carbonyl (C=O) groups excluding carboxylic acids is 1. The largest absolute Gasteiger partial charge is 0.496 e. The zero-order chi connectivity index (χ0) is 17.7. The summed E-state index contributed by atoms with van der Waals surface area (Å²) in [5.41, 5.74) is 0.935. The molecule has 1 heterocycles. The zero-order valence-electron chi connectivity index (χ0n) is 14.6. The van der Waals surface area contributed by atoms with E-state index in [0.29, 0.717) is 13.1 Å². The predicted molar refractivity (Wildman–Crippen MR) is 93.2 cm³/mol. The van der Waals surface area contributed by atoms with Gasteiger partial charge in [0.25, 0.3) is 0 Å². The number of sulfonamides is 1. The van der Waals surface area contributed by atoms with Gasteiger partial charge in [0.1, 0.15) is 5.75 Å². The van der Waals surface area contributed by atoms with Gasteiger partial charge in [-0.25, -0.2) is 12.7 Å². The van der Waals surface area contributed by atoms with E-state index in [1.807, 2.05) is 24.3 Å². The minimum Gasteiger partial charge on any atom is -0.496 e. The number of piperidine rings is 1. The van der Waals surface area contributed by atoms with Crippen LogP contribution in [0.1, 0.15) is 25.3 Å². The Morgan fingerprint density at radius 1 is 1.38 bits per heavy atom. The molecule has 1 aliphatic rings. The number of amides is 1. The summed E-state index contributed by atoms with van der Waals surface area (Å²) in [6, 6.07) is 7.59. The molecule has 134 valence electrons. The summed E-state index contributed by atoms with van der Waals surface area (Å²) in [7, 11) is 0.118. The van der Waals surface area contributed by atoms with Crippen LogP contribution in [0.4, 0.5) is 0 Å². The molecule has 0 radical (unpaired) electrons. The fourth-order valence-electron chi connectivity index (χ4n) is 3.06. The van der Waals surface area contributed by atoms with Gasteiger partial charge in [-0.15, -0.1) is 0 Å². The molecule has 24 heavy (non-hydrogen) atoms. The summed E-state index contributed by atoms with van der Waals surface area (Å²) in [5, 5.41) is 0. The SMILES string of the molecule is CCS(=O)(=O)N1CCCC(C(=O)N(C)Cc2ccccc2OC)C1. The second-order valence-corrected chi connectivity index (χ2v) is 8.36. The number of benzene rings is 1. The van der Waals surface area contributed by atoms with E-state index in [0.717, 1.165) is 24.2 Å². The van der Waals surface area contributed by atoms with Gasteiger partial charge in [-0.3, -0.25) is 4.79 Å². The third-order valence-corrected chi connectivity index (χ3v) is 6.32. The predicted octanol–water partition coefficient (Wildman–Crippen LogP) is 1.72. The zero-order valence-corrected chi connectivity index (χ0v) is 15.4. The molecule has 0 aromatic heterocycles. The third kappa shape index (κ3) is 4.27. The number of ether oxygens (including phenoxy) is 1. The van der Waals surface area contributed by atoms with Crippen molar-refractivity contribution in [3.8, 4) is 5.75 Å². The molecule has 1 atom stereocenters. The lowest BCUT2D eigenvalue weighted by Gasteiger charge is -2.33. The van der Waals surface area contributed by atoms with Gasteiger partial charge in [0.2, 0.25) is 15.9 Å². The van der Waals surface area contributed by atoms with Gasteiger partial charge >= 0.3 is 0 Å². The van der Waals surface area contributed by atoms with Crippen molar-refractivity contribution in [2.45, 2.75) is 26.3 Å². The first-order valence-corrected chi connectivity index (χ1v) is 9.84. The lowest BCUT2D eigenvalue weighted by Crippen LogP contribution is -2.46. The summed E-state index contributed by atoms with van der Waals surface area (Å²) in [4.78, 5) is 14.4. The van der Waals surface area contributed by atoms with Crippen molar-refractivity contribution in [3.05, 3.63) is 29.8 Å². The molecule has 0 saturated carbocycles. The maximum Gasteiger partial charge on any atom is 0.227 e. The summed E-state index contributed by atoms with van der Waals surface area (Å²) >= 11 is 0. The lowest BCUT2D eigenvalue weighted by molar-refractivity contribution is -0.135. The quantitative estimate of drug-likeness (QED) is 0.780. The smallest absolute Gasteiger partial charge is 0.227 e. The van der Waals surface area contributed by atoms with Crippen LogP contribution < -0.4 is 4.74 Å². The minimum absolute atomic E-state index is 0.0168. The van der Waals surface area contributed by atoms with Crippen molar-refractivity contribution in [1.82, 2.24) is 9.21 Å². The highest BCUT2D eigenvalue weighted by Crippen LogP contribution is 2.23. The standard InChI is InChI=1S/C17H26N2O4S/c1-4-24(21,22)19-11-7-9-15(13-19)17(20)18(2)12-14-8-5-6-10-16(14)23-3/h5-6,8,10,15H,4,7,9,11-13H2,1-3H3. The first-order valence-electron chi connectivity index (χ1n) is 8.23. The number of methoxy groups -OCH3 is 1. The van der Waals surface area contributed by atoms with E-state index in [1.54, 1.807) is 26.0 Å². The van der Waals surface area contributed by atoms with Crippen LogP contribution >= 0.6 is 0 Å². The fourth-order valence-corrected chi connectivity index (χ4v) is 4.24. The Labute approximate surface area is 144 Å². The molecule has 2 rings (SSSR count). The number of nitrogens with zero attached hydrogens (tertiary/aromatic N) is 2. The van der Waals surface area contributed by atoms with Crippen LogP contribution in [-0.4, -0.2) is 56.5 Å². The van der Waals surface area contributed by atoms with Gasteiger partial charge in [0.15, 0.2) is 0 Å². The molecule has 1 aromatic rings. The third-order valence-electron chi connectivity index (χ3n) is 4.47. The highest BCUT2D eigenvalue weighted by Gasteiger charge is 2.32. The average Bonchev–Trinajstić information content (AvgIpc) is 2.61. The first kappa shape index (κ1) is 18.7. The molecule has 0 bridgehead atoms. The molecule has 1 saturated heterocycles. The monoisotopic (exact) mass is 354 g/mol. The topological polar surface area (TPSA) is 66.9 Å². The second-order valence-electron chi connectivity index (χ2n) is 6.10. The molecule has 1 amide bonds. The molecule has 0 N–H and O–H groups in total. The fraction of sp³-hybridized carbons (Fsp3) is 0.588. The molecular formula is C17H26N2O4S. The van der Waals surface area contributed by atoms with E-state index < -0.39 is 10.0 Å². The van der Waals surface area contributed by atoms with Crippen LogP contribution in [0.3, 0.4) is 0 Å². The Bertz CT molecular complexity index is 675. The van der Waals surface area contributed by atoms with Crippen molar-refractivity contribution in [2.75, 3.05) is 33.0 Å². The average molecular weight is 354 g/mol. The van der Waals surface area contributed by atoms with Gasteiger partial charge < -0.3 is 9.64 Å². The van der Waals surface area contributed by atoms with Crippen LogP contribution in [0.15, 0.2) is 24.3 Å². The van der Waals surface area contributed by atoms with E-state index in [-0.39, 0.29) is 24.1 Å². The Morgan fingerprint density at radius 3 is 2.75 bits per heavy atom. The summed E-state index contributed by atoms with van der Waals surface area (Å²) in [6.07, 6.45) is 1.45. The Morgan fingerprint density at radius 2 is 2.08 bits per heavy atom. The van der Waals surface area contributed by atoms with Crippen LogP contribution in [0.2, 0.25) is 0 Å². The van der Waals surface area contributed by atoms with E-state index in [4.69, 9.17) is 4.74 Å². The van der Waals surface area contributed by atoms with E-state index in [9.17, 15) is 13.2 Å². The molecule has 7 heteroatoms. The number of carbonyl (C=O) groups is 1. The maximum absolute atomic E-state index is 12.7. The molecule has 1 fully saturated rings. The van der Waals surface area contributed by atoms with Crippen LogP contribution in [0.5, 0.6) is 5.75 Å². The van der Waals surface area contributed by atoms with E-state index in [1.165, 1.54) is 4.31 Å². The highest BCUT2D eigenvalue weighted by atomic mass is 32.2. The van der Waals surface area contributed by atoms with Gasteiger partial charge in [0, 0.05) is 32.2 Å². The van der Waals surface area contributed by atoms with Crippen molar-refractivity contribution in [2.24, 2.45) is 5.92 Å². The normalized spacial score (nSPS) is 19.0. The summed E-state index contributed by atoms with van der Waals surface area (Å²) in [6.45, 7) is 2.87. The molecule has 0 spiro atoms. The van der Waals surface area contributed by atoms with Crippen LogP contribution in [0, 0.1) is 5.92 Å². The number of rotatable bonds is 6. The van der Waals surface area contributed by atoms with Gasteiger partial charge in [-0.1, -0.05) is 18.2 Å². The highest BCUT2D eigenvalue weighted by molar-refractivity contribution is 7.89. The van der Waals surface area contributed by atoms with Crippen molar-refractivity contribution < 1.29 is 17.9 Å². The van der Waals surface area contributed by atoms with Crippen LogP contribution in [-0.2, 0) is 21.4 Å². The van der Waals surface area contributed by atoms with Gasteiger partial charge in [0.05, 0.1) is 18.8 Å². The Hall–Kier alpha value is -1.60. The van der Waals surface area contributed by atoms with Gasteiger partial charge in [-0.05, 0) is 25.8 Å². The van der Waals surface area contributed by atoms with Crippen molar-refractivity contribution >= 4 is 15.9 Å². The molecule has 1 unspecified atom stereocenters. The summed E-state index contributed by atoms with van der Waals surface area (Å²) < 4.78 is 30.9. The molecule has 0 aliphatic carbocycles. The minimum atomic E-state index is -3.24. The number of hydrogen-bond acceptors (Lipinski definition) is 4. The van der Waals surface area contributed by atoms with E-state index >= 15 is 0 Å². The van der Waals surface area contributed by atoms with Crippen molar-refractivity contribution in [1.29, 1.82) is 0 Å². The first-order chi connectivity index (χ1) is 11.4. The molecule has 1 aliphatic heterocycles. The molecular weight excluding hydrogens is 328 g/mol. The Kier molecular flexibility index (Phi) is 6.23. The van der Waals surface area contributed by atoms with Crippen molar-refractivity contribution in [3.63, 3.8) is 0 Å². The molecule has 6 nitrogen and oxygen atoms in total. The van der Waals surface area contributed by atoms with Gasteiger partial charge in [-0.2, -0.15) is 0 Å². The lowest BCUT2D eigenvalue weighted by atomic mass is 9.98. The van der Waals surface area contributed by atoms with E-state index in [2.05, 4.69) is 0 Å². The summed E-state index contributed by atoms with van der Waals surface area (Å²) in [5.74, 6) is 0.526. The second kappa shape index (κ2) is 7.98. The number of para-hydroxylation sites is 1. The maximum atomic E-state index is 12.7. The van der Waals surface area contributed by atoms with Crippen LogP contribution in [0.25, 0.3) is 0 Å². The number of hydrogen-bond donors (Lipinski definition) is 0. The molecule has 1 aromatic carbocycles. The Balaban J connectivity index is 2.05.